The van der Waals surface area contributed by atoms with Gasteiger partial charge in [-0.05, 0) is 42.5 Å². The summed E-state index contributed by atoms with van der Waals surface area (Å²) in [6.07, 6.45) is 0.670. The highest BCUT2D eigenvalue weighted by Gasteiger charge is 2.22. The van der Waals surface area contributed by atoms with Crippen molar-refractivity contribution < 1.29 is 14.6 Å². The van der Waals surface area contributed by atoms with Gasteiger partial charge in [0.05, 0.1) is 11.3 Å². The Bertz CT molecular complexity index is 865. The number of hydrogen-bond donors (Lipinski definition) is 3. The molecule has 1 unspecified atom stereocenters. The van der Waals surface area contributed by atoms with E-state index in [9.17, 15) is 9.90 Å². The maximum Gasteiger partial charge on any atom is 0.336 e. The van der Waals surface area contributed by atoms with Crippen molar-refractivity contribution in [3.8, 4) is 0 Å². The fraction of sp³-hybridized carbons (Fsp3) is 0.318. The highest BCUT2D eigenvalue weighted by atomic mass is 32.2. The van der Waals surface area contributed by atoms with E-state index in [1.165, 1.54) is 11.9 Å². The first-order chi connectivity index (χ1) is 13.5. The Morgan fingerprint density at radius 2 is 2.00 bits per heavy atom. The van der Waals surface area contributed by atoms with Crippen LogP contribution in [0.1, 0.15) is 60.8 Å². The predicted octanol–water partition coefficient (Wildman–Crippen LogP) is 5.05. The van der Waals surface area contributed by atoms with Gasteiger partial charge in [0, 0.05) is 23.4 Å². The summed E-state index contributed by atoms with van der Waals surface area (Å²) in [5.41, 5.74) is 3.42. The van der Waals surface area contributed by atoms with Crippen LogP contribution in [0.2, 0.25) is 0 Å². The van der Waals surface area contributed by atoms with Gasteiger partial charge in [0.15, 0.2) is 6.23 Å². The monoisotopic (exact) mass is 398 g/mol. The van der Waals surface area contributed by atoms with E-state index < -0.39 is 5.97 Å². The molecule has 0 spiro atoms. The second kappa shape index (κ2) is 9.17. The summed E-state index contributed by atoms with van der Waals surface area (Å²) < 4.78 is 9.23. The number of ether oxygens (including phenoxy) is 1. The molecule has 0 amide bonds. The van der Waals surface area contributed by atoms with Crippen LogP contribution in [0.15, 0.2) is 64.9 Å². The van der Waals surface area contributed by atoms with Crippen LogP contribution in [0.4, 0.5) is 0 Å². The van der Waals surface area contributed by atoms with Gasteiger partial charge in [0.25, 0.3) is 0 Å². The molecule has 0 fully saturated rings. The highest BCUT2D eigenvalue weighted by Crippen LogP contribution is 2.28. The zero-order valence-electron chi connectivity index (χ0n) is 16.4. The Balaban J connectivity index is 1.51. The van der Waals surface area contributed by atoms with Crippen molar-refractivity contribution in [2.24, 2.45) is 0 Å². The molecule has 0 aromatic heterocycles. The molecule has 0 aliphatic carbocycles. The molecule has 6 heteroatoms. The van der Waals surface area contributed by atoms with Crippen LogP contribution in [0.5, 0.6) is 0 Å². The van der Waals surface area contributed by atoms with Gasteiger partial charge in [-0.3, -0.25) is 4.72 Å². The van der Waals surface area contributed by atoms with Crippen LogP contribution in [0.3, 0.4) is 0 Å². The number of nitrogens with one attached hydrogen (secondary N) is 2. The van der Waals surface area contributed by atoms with E-state index in [0.29, 0.717) is 5.56 Å². The summed E-state index contributed by atoms with van der Waals surface area (Å²) in [5, 5.41) is 12.9. The van der Waals surface area contributed by atoms with Crippen molar-refractivity contribution in [2.75, 3.05) is 6.54 Å². The maximum absolute atomic E-state index is 11.5. The molecule has 1 atom stereocenters. The van der Waals surface area contributed by atoms with E-state index in [4.69, 9.17) is 4.74 Å². The van der Waals surface area contributed by atoms with Crippen molar-refractivity contribution in [1.29, 1.82) is 0 Å². The first-order valence-corrected chi connectivity index (χ1v) is 10.2. The van der Waals surface area contributed by atoms with Crippen molar-refractivity contribution in [3.63, 3.8) is 0 Å². The summed E-state index contributed by atoms with van der Waals surface area (Å²) in [6, 6.07) is 15.7. The van der Waals surface area contributed by atoms with Crippen LogP contribution in [-0.2, 0) is 4.74 Å². The minimum atomic E-state index is -0.883. The molecule has 0 saturated carbocycles. The SMILES string of the molecule is CC1=C(CCNSc2ccc(C(C)C)c(C(=O)O)c2)NC(c2ccccc2)O1. The molecule has 3 rings (SSSR count). The number of aromatic carboxylic acids is 1. The zero-order valence-corrected chi connectivity index (χ0v) is 17.2. The molecule has 1 heterocycles. The number of rotatable bonds is 8. The van der Waals surface area contributed by atoms with Gasteiger partial charge < -0.3 is 15.2 Å². The van der Waals surface area contributed by atoms with E-state index in [0.717, 1.165) is 40.4 Å². The zero-order chi connectivity index (χ0) is 20.1. The van der Waals surface area contributed by atoms with Gasteiger partial charge in [-0.2, -0.15) is 0 Å². The van der Waals surface area contributed by atoms with Gasteiger partial charge >= 0.3 is 5.97 Å². The van der Waals surface area contributed by atoms with Crippen LogP contribution in [-0.4, -0.2) is 17.6 Å². The smallest absolute Gasteiger partial charge is 0.336 e. The fourth-order valence-corrected chi connectivity index (χ4v) is 3.85. The number of benzene rings is 2. The molecule has 1 aliphatic heterocycles. The Hall–Kier alpha value is -2.44. The van der Waals surface area contributed by atoms with Crippen LogP contribution >= 0.6 is 11.9 Å². The molecule has 28 heavy (non-hydrogen) atoms. The van der Waals surface area contributed by atoms with Crippen molar-refractivity contribution in [1.82, 2.24) is 10.0 Å². The Labute approximate surface area is 170 Å². The van der Waals surface area contributed by atoms with Crippen LogP contribution < -0.4 is 10.0 Å². The minimum Gasteiger partial charge on any atom is -0.478 e. The summed E-state index contributed by atoms with van der Waals surface area (Å²) in [4.78, 5) is 12.4. The molecule has 0 radical (unpaired) electrons. The maximum atomic E-state index is 11.5. The van der Waals surface area contributed by atoms with Crippen LogP contribution in [0.25, 0.3) is 0 Å². The first kappa shape index (κ1) is 20.3. The molecule has 1 aliphatic rings. The number of carbonyl (C=O) groups is 1. The number of carboxylic acid groups (broad SMARTS) is 1. The van der Waals surface area contributed by atoms with Crippen LogP contribution in [0, 0.1) is 0 Å². The molecular formula is C22H26N2O3S. The van der Waals surface area contributed by atoms with E-state index in [1.807, 2.05) is 63.2 Å². The minimum absolute atomic E-state index is 0.134. The number of allylic oxidation sites excluding steroid dienone is 1. The predicted molar refractivity (Wildman–Crippen MR) is 112 cm³/mol. The molecule has 0 bridgehead atoms. The van der Waals surface area contributed by atoms with Gasteiger partial charge in [-0.15, -0.1) is 0 Å². The van der Waals surface area contributed by atoms with E-state index >= 15 is 0 Å². The standard InChI is InChI=1S/C22H26N2O3S/c1-14(2)18-10-9-17(13-19(18)22(25)26)28-23-12-11-20-15(3)27-21(24-20)16-7-5-4-6-8-16/h4-10,13-14,21,23-24H,11-12H2,1-3H3,(H,25,26). The van der Waals surface area contributed by atoms with Crippen molar-refractivity contribution in [3.05, 3.63) is 76.7 Å². The second-order valence-corrected chi connectivity index (χ2v) is 8.01. The normalized spacial score (nSPS) is 16.2. The summed E-state index contributed by atoms with van der Waals surface area (Å²) in [7, 11) is 0. The lowest BCUT2D eigenvalue weighted by molar-refractivity contribution is 0.0695. The summed E-state index contributed by atoms with van der Waals surface area (Å²) >= 11 is 1.45. The summed E-state index contributed by atoms with van der Waals surface area (Å²) in [5.74, 6) is 0.209. The Morgan fingerprint density at radius 1 is 1.25 bits per heavy atom. The van der Waals surface area contributed by atoms with Gasteiger partial charge in [-0.25, -0.2) is 4.79 Å². The van der Waals surface area contributed by atoms with Crippen molar-refractivity contribution >= 4 is 17.9 Å². The second-order valence-electron chi connectivity index (χ2n) is 7.04. The average Bonchev–Trinajstić information content (AvgIpc) is 3.06. The number of carboxylic acids is 1. The lowest BCUT2D eigenvalue weighted by Crippen LogP contribution is -2.18. The third-order valence-electron chi connectivity index (χ3n) is 4.67. The van der Waals surface area contributed by atoms with Gasteiger partial charge in [0.1, 0.15) is 5.76 Å². The topological polar surface area (TPSA) is 70.6 Å². The average molecular weight is 399 g/mol. The summed E-state index contributed by atoms with van der Waals surface area (Å²) in [6.45, 7) is 6.72. The molecule has 0 saturated heterocycles. The first-order valence-electron chi connectivity index (χ1n) is 9.40. The van der Waals surface area contributed by atoms with Gasteiger partial charge in [0.2, 0.25) is 0 Å². The van der Waals surface area contributed by atoms with E-state index in [2.05, 4.69) is 10.0 Å². The lowest BCUT2D eigenvalue weighted by Gasteiger charge is -2.13. The lowest BCUT2D eigenvalue weighted by atomic mass is 9.97. The third-order valence-corrected chi connectivity index (χ3v) is 5.51. The Morgan fingerprint density at radius 3 is 2.68 bits per heavy atom. The molecule has 2 aromatic rings. The molecule has 5 nitrogen and oxygen atoms in total. The third kappa shape index (κ3) is 4.88. The highest BCUT2D eigenvalue weighted by molar-refractivity contribution is 7.97. The fourth-order valence-electron chi connectivity index (χ4n) is 3.16. The molecular weight excluding hydrogens is 372 g/mol. The van der Waals surface area contributed by atoms with E-state index in [1.54, 1.807) is 6.07 Å². The van der Waals surface area contributed by atoms with Gasteiger partial charge in [-0.1, -0.05) is 50.2 Å². The molecule has 3 N–H and O–H groups in total. The quantitative estimate of drug-likeness (QED) is 0.427. The van der Waals surface area contributed by atoms with Crippen molar-refractivity contribution in [2.45, 2.75) is 44.2 Å². The number of hydrogen-bond acceptors (Lipinski definition) is 5. The Kier molecular flexibility index (Phi) is 6.65. The molecule has 148 valence electrons. The van der Waals surface area contributed by atoms with E-state index in [-0.39, 0.29) is 12.1 Å². The largest absolute Gasteiger partial charge is 0.478 e. The molecule has 2 aromatic carbocycles.